The lowest BCUT2D eigenvalue weighted by Crippen LogP contribution is -2.42. The van der Waals surface area contributed by atoms with Gasteiger partial charge in [0.2, 0.25) is 5.91 Å². The van der Waals surface area contributed by atoms with Gasteiger partial charge in [-0.05, 0) is 36.8 Å². The van der Waals surface area contributed by atoms with Gasteiger partial charge in [0.1, 0.15) is 5.58 Å². The number of nitrogens with zero attached hydrogens (tertiary/aromatic N) is 1. The van der Waals surface area contributed by atoms with Crippen molar-refractivity contribution in [1.82, 2.24) is 10.9 Å². The van der Waals surface area contributed by atoms with Crippen LogP contribution in [0.15, 0.2) is 53.1 Å². The first-order valence-corrected chi connectivity index (χ1v) is 8.27. The van der Waals surface area contributed by atoms with Crippen LogP contribution in [0.5, 0.6) is 0 Å². The third-order valence-corrected chi connectivity index (χ3v) is 4.10. The standard InChI is InChI=1S/C20H21N3O3/c1-13-7-8-17-15(12-26-18(17)9-13)11-19(24)21-22-20(25)14-5-4-6-16(10-14)23(2)3/h4-10,12H,11H2,1-3H3,(H,21,24)(H,22,25). The molecular weight excluding hydrogens is 330 g/mol. The van der Waals surface area contributed by atoms with Crippen molar-refractivity contribution in [2.24, 2.45) is 0 Å². The quantitative estimate of drug-likeness (QED) is 0.709. The summed E-state index contributed by atoms with van der Waals surface area (Å²) in [5, 5.41) is 0.899. The topological polar surface area (TPSA) is 74.6 Å². The normalized spacial score (nSPS) is 10.6. The number of nitrogens with one attached hydrogen (secondary N) is 2. The van der Waals surface area contributed by atoms with E-state index in [4.69, 9.17) is 4.42 Å². The van der Waals surface area contributed by atoms with Crippen LogP contribution in [-0.4, -0.2) is 25.9 Å². The van der Waals surface area contributed by atoms with Crippen molar-refractivity contribution in [3.05, 3.63) is 65.4 Å². The fraction of sp³-hybridized carbons (Fsp3) is 0.200. The molecule has 3 aromatic rings. The van der Waals surface area contributed by atoms with Gasteiger partial charge in [0.25, 0.3) is 5.91 Å². The van der Waals surface area contributed by atoms with Gasteiger partial charge < -0.3 is 9.32 Å². The van der Waals surface area contributed by atoms with Crippen LogP contribution in [0.1, 0.15) is 21.5 Å². The van der Waals surface area contributed by atoms with E-state index in [1.807, 2.05) is 50.2 Å². The van der Waals surface area contributed by atoms with Gasteiger partial charge in [0.05, 0.1) is 12.7 Å². The van der Waals surface area contributed by atoms with Crippen molar-refractivity contribution in [2.75, 3.05) is 19.0 Å². The summed E-state index contributed by atoms with van der Waals surface area (Å²) < 4.78 is 5.49. The number of furan rings is 1. The van der Waals surface area contributed by atoms with Crippen molar-refractivity contribution >= 4 is 28.5 Å². The fourth-order valence-electron chi connectivity index (χ4n) is 2.67. The Morgan fingerprint density at radius 2 is 1.88 bits per heavy atom. The number of carbonyl (C=O) groups excluding carboxylic acids is 2. The van der Waals surface area contributed by atoms with Crippen LogP contribution in [0.3, 0.4) is 0 Å². The molecule has 0 radical (unpaired) electrons. The molecule has 1 heterocycles. The first-order valence-electron chi connectivity index (χ1n) is 8.27. The third-order valence-electron chi connectivity index (χ3n) is 4.10. The van der Waals surface area contributed by atoms with Gasteiger partial charge in [-0.25, -0.2) is 0 Å². The van der Waals surface area contributed by atoms with E-state index in [9.17, 15) is 9.59 Å². The zero-order chi connectivity index (χ0) is 18.7. The van der Waals surface area contributed by atoms with Crippen LogP contribution in [0.25, 0.3) is 11.0 Å². The number of hydrogen-bond acceptors (Lipinski definition) is 4. The summed E-state index contributed by atoms with van der Waals surface area (Å²) >= 11 is 0. The number of carbonyl (C=O) groups is 2. The Labute approximate surface area is 151 Å². The van der Waals surface area contributed by atoms with Gasteiger partial charge in [-0.1, -0.05) is 18.2 Å². The summed E-state index contributed by atoms with van der Waals surface area (Å²) in [5.41, 5.74) is 8.90. The molecule has 0 spiro atoms. The largest absolute Gasteiger partial charge is 0.464 e. The SMILES string of the molecule is Cc1ccc2c(CC(=O)NNC(=O)c3cccc(N(C)C)c3)coc2c1. The number of rotatable bonds is 4. The molecule has 0 saturated carbocycles. The summed E-state index contributed by atoms with van der Waals surface area (Å²) in [5.74, 6) is -0.680. The lowest BCUT2D eigenvalue weighted by Gasteiger charge is -2.13. The molecule has 0 atom stereocenters. The Hall–Kier alpha value is -3.28. The zero-order valence-corrected chi connectivity index (χ0v) is 15.0. The smallest absolute Gasteiger partial charge is 0.269 e. The summed E-state index contributed by atoms with van der Waals surface area (Å²) in [4.78, 5) is 26.3. The van der Waals surface area contributed by atoms with Gasteiger partial charge >= 0.3 is 0 Å². The van der Waals surface area contributed by atoms with Crippen LogP contribution in [0.2, 0.25) is 0 Å². The minimum Gasteiger partial charge on any atom is -0.464 e. The van der Waals surface area contributed by atoms with Crippen LogP contribution >= 0.6 is 0 Å². The number of hydrogen-bond donors (Lipinski definition) is 2. The van der Waals surface area contributed by atoms with E-state index in [0.29, 0.717) is 5.56 Å². The van der Waals surface area contributed by atoms with E-state index >= 15 is 0 Å². The summed E-state index contributed by atoms with van der Waals surface area (Å²) in [6.45, 7) is 1.98. The van der Waals surface area contributed by atoms with Gasteiger partial charge in [-0.2, -0.15) is 0 Å². The fourth-order valence-corrected chi connectivity index (χ4v) is 2.67. The van der Waals surface area contributed by atoms with E-state index < -0.39 is 0 Å². The van der Waals surface area contributed by atoms with Crippen LogP contribution in [0.4, 0.5) is 5.69 Å². The second-order valence-electron chi connectivity index (χ2n) is 6.38. The maximum Gasteiger partial charge on any atom is 0.269 e. The Morgan fingerprint density at radius 1 is 1.08 bits per heavy atom. The molecule has 26 heavy (non-hydrogen) atoms. The highest BCUT2D eigenvalue weighted by atomic mass is 16.3. The lowest BCUT2D eigenvalue weighted by atomic mass is 10.1. The molecule has 134 valence electrons. The average molecular weight is 351 g/mol. The molecule has 6 heteroatoms. The minimum absolute atomic E-state index is 0.119. The predicted molar refractivity (Wildman–Crippen MR) is 101 cm³/mol. The number of hydrazine groups is 1. The van der Waals surface area contributed by atoms with Crippen molar-refractivity contribution in [3.8, 4) is 0 Å². The summed E-state index contributed by atoms with van der Waals surface area (Å²) in [6, 6.07) is 13.0. The van der Waals surface area contributed by atoms with Crippen LogP contribution in [-0.2, 0) is 11.2 Å². The van der Waals surface area contributed by atoms with Crippen LogP contribution < -0.4 is 15.8 Å². The number of fused-ring (bicyclic) bond motifs is 1. The number of benzene rings is 2. The van der Waals surface area contributed by atoms with E-state index in [1.165, 1.54) is 0 Å². The van der Waals surface area contributed by atoms with E-state index in [0.717, 1.165) is 27.8 Å². The molecule has 0 aliphatic rings. The second-order valence-corrected chi connectivity index (χ2v) is 6.38. The Morgan fingerprint density at radius 3 is 2.65 bits per heavy atom. The highest BCUT2D eigenvalue weighted by Crippen LogP contribution is 2.22. The van der Waals surface area contributed by atoms with Gasteiger partial charge in [-0.15, -0.1) is 0 Å². The molecule has 2 aromatic carbocycles. The van der Waals surface area contributed by atoms with Crippen molar-refractivity contribution in [2.45, 2.75) is 13.3 Å². The molecule has 0 saturated heterocycles. The first-order chi connectivity index (χ1) is 12.4. The van der Waals surface area contributed by atoms with E-state index in [1.54, 1.807) is 24.5 Å². The molecule has 0 bridgehead atoms. The monoisotopic (exact) mass is 351 g/mol. The maximum atomic E-state index is 12.2. The van der Waals surface area contributed by atoms with E-state index in [2.05, 4.69) is 10.9 Å². The molecule has 2 amide bonds. The van der Waals surface area contributed by atoms with Crippen LogP contribution in [0, 0.1) is 6.92 Å². The number of aryl methyl sites for hydroxylation is 1. The highest BCUT2D eigenvalue weighted by molar-refractivity contribution is 5.96. The van der Waals surface area contributed by atoms with E-state index in [-0.39, 0.29) is 18.2 Å². The molecule has 3 rings (SSSR count). The first kappa shape index (κ1) is 17.5. The molecule has 0 aliphatic heterocycles. The molecule has 6 nitrogen and oxygen atoms in total. The Balaban J connectivity index is 1.61. The molecular formula is C20H21N3O3. The number of anilines is 1. The second kappa shape index (κ2) is 7.31. The van der Waals surface area contributed by atoms with Gasteiger partial charge in [0.15, 0.2) is 0 Å². The lowest BCUT2D eigenvalue weighted by molar-refractivity contribution is -0.121. The molecule has 0 fully saturated rings. The Kier molecular flexibility index (Phi) is 4.93. The van der Waals surface area contributed by atoms with Gasteiger partial charge in [-0.3, -0.25) is 20.4 Å². The predicted octanol–water partition coefficient (Wildman–Crippen LogP) is 2.81. The molecule has 0 unspecified atom stereocenters. The Bertz CT molecular complexity index is 960. The zero-order valence-electron chi connectivity index (χ0n) is 15.0. The number of amides is 2. The van der Waals surface area contributed by atoms with Crippen molar-refractivity contribution < 1.29 is 14.0 Å². The van der Waals surface area contributed by atoms with Crippen molar-refractivity contribution in [3.63, 3.8) is 0 Å². The molecule has 0 aliphatic carbocycles. The van der Waals surface area contributed by atoms with Gasteiger partial charge in [0, 0.05) is 36.3 Å². The summed E-state index contributed by atoms with van der Waals surface area (Å²) in [7, 11) is 3.80. The molecule has 1 aromatic heterocycles. The highest BCUT2D eigenvalue weighted by Gasteiger charge is 2.12. The summed E-state index contributed by atoms with van der Waals surface area (Å²) in [6.07, 6.45) is 1.69. The average Bonchev–Trinajstić information content (AvgIpc) is 3.01. The maximum absolute atomic E-state index is 12.2. The minimum atomic E-state index is -0.366. The molecule has 2 N–H and O–H groups in total. The third kappa shape index (κ3) is 3.85. The van der Waals surface area contributed by atoms with Crippen molar-refractivity contribution in [1.29, 1.82) is 0 Å².